The van der Waals surface area contributed by atoms with Gasteiger partial charge in [0.25, 0.3) is 0 Å². The van der Waals surface area contributed by atoms with Crippen LogP contribution in [0.5, 0.6) is 5.75 Å². The molecule has 1 atom stereocenters. The minimum Gasteiger partial charge on any atom is -0.489 e. The first-order chi connectivity index (χ1) is 21.2. The number of ether oxygens (including phenoxy) is 1. The van der Waals surface area contributed by atoms with Crippen LogP contribution in [0.1, 0.15) is 35.6 Å². The molecule has 1 aliphatic heterocycles. The summed E-state index contributed by atoms with van der Waals surface area (Å²) in [7, 11) is 3.39. The Kier molecular flexibility index (Phi) is 9.33. The maximum atomic E-state index is 14.1. The Morgan fingerprint density at radius 3 is 2.68 bits per heavy atom. The number of imidazole rings is 1. The number of carbonyl (C=O) groups excluding carboxylic acids is 2. The number of nitrogens with zero attached hydrogens (tertiary/aromatic N) is 4. The zero-order valence-electron chi connectivity index (χ0n) is 24.9. The van der Waals surface area contributed by atoms with Crippen LogP contribution in [0.15, 0.2) is 66.9 Å². The third-order valence-corrected chi connectivity index (χ3v) is 8.65. The molecule has 0 radical (unpaired) electrons. The standard InChI is InChI=1S/C33H35ClFN5O4/c1-33(20-41)27-15-23(32-37-16-31(38(32)3)39(21-42)14-13-30(43)36-2)9-10-24(27)18-40(33)17-22-7-11-25(12-8-22)44-19-26-28(34)5-4-6-29(26)35/h4-12,15-16,21,41H,13-14,17-20H2,1-3H3,(H,36,43). The number of fused-ring (bicyclic) bond motifs is 1. The van der Waals surface area contributed by atoms with Crippen LogP contribution in [0.4, 0.5) is 10.2 Å². The number of amides is 2. The van der Waals surface area contributed by atoms with E-state index in [-0.39, 0.29) is 32.1 Å². The predicted molar refractivity (Wildman–Crippen MR) is 167 cm³/mol. The second kappa shape index (κ2) is 13.2. The van der Waals surface area contributed by atoms with Crippen LogP contribution in [-0.4, -0.2) is 52.1 Å². The van der Waals surface area contributed by atoms with Crippen molar-refractivity contribution in [1.29, 1.82) is 0 Å². The van der Waals surface area contributed by atoms with Crippen LogP contribution in [0.25, 0.3) is 11.4 Å². The summed E-state index contributed by atoms with van der Waals surface area (Å²) in [6.07, 6.45) is 2.50. The molecule has 2 amide bonds. The summed E-state index contributed by atoms with van der Waals surface area (Å²) in [5, 5.41) is 13.5. The van der Waals surface area contributed by atoms with Crippen molar-refractivity contribution in [2.75, 3.05) is 25.1 Å². The zero-order valence-corrected chi connectivity index (χ0v) is 25.6. The Balaban J connectivity index is 1.30. The van der Waals surface area contributed by atoms with Gasteiger partial charge in [-0.3, -0.25) is 19.4 Å². The molecule has 0 fully saturated rings. The normalized spacial score (nSPS) is 16.0. The number of aromatic nitrogens is 2. The number of benzene rings is 3. The van der Waals surface area contributed by atoms with Crippen molar-refractivity contribution in [2.45, 2.75) is 38.6 Å². The van der Waals surface area contributed by atoms with Gasteiger partial charge in [0.2, 0.25) is 12.3 Å². The van der Waals surface area contributed by atoms with Crippen molar-refractivity contribution in [3.63, 3.8) is 0 Å². The van der Waals surface area contributed by atoms with Gasteiger partial charge in [-0.25, -0.2) is 9.37 Å². The van der Waals surface area contributed by atoms with Crippen LogP contribution in [0.2, 0.25) is 5.02 Å². The van der Waals surface area contributed by atoms with Crippen LogP contribution >= 0.6 is 11.6 Å². The molecule has 0 spiro atoms. The summed E-state index contributed by atoms with van der Waals surface area (Å²) in [5.74, 6) is 1.29. The molecule has 0 saturated carbocycles. The van der Waals surface area contributed by atoms with Gasteiger partial charge in [0, 0.05) is 51.3 Å². The summed E-state index contributed by atoms with van der Waals surface area (Å²) >= 11 is 6.12. The van der Waals surface area contributed by atoms with Crippen LogP contribution in [-0.2, 0) is 41.9 Å². The molecule has 2 N–H and O–H groups in total. The number of carbonyl (C=O) groups is 2. The summed E-state index contributed by atoms with van der Waals surface area (Å²) in [4.78, 5) is 31.8. The van der Waals surface area contributed by atoms with Gasteiger partial charge < -0.3 is 19.7 Å². The van der Waals surface area contributed by atoms with Gasteiger partial charge in [0.15, 0.2) is 0 Å². The molecular weight excluding hydrogens is 585 g/mol. The lowest BCUT2D eigenvalue weighted by molar-refractivity contribution is -0.120. The number of hydrogen-bond donors (Lipinski definition) is 2. The summed E-state index contributed by atoms with van der Waals surface area (Å²) < 4.78 is 21.7. The van der Waals surface area contributed by atoms with Gasteiger partial charge in [-0.2, -0.15) is 0 Å². The number of nitrogens with one attached hydrogen (secondary N) is 1. The van der Waals surface area contributed by atoms with Gasteiger partial charge in [-0.05, 0) is 53.9 Å². The molecule has 0 aliphatic carbocycles. The van der Waals surface area contributed by atoms with E-state index in [2.05, 4.69) is 27.3 Å². The second-order valence-corrected chi connectivity index (χ2v) is 11.4. The third kappa shape index (κ3) is 6.19. The fourth-order valence-electron chi connectivity index (χ4n) is 5.56. The molecule has 0 bridgehead atoms. The van der Waals surface area contributed by atoms with Gasteiger partial charge in [-0.15, -0.1) is 0 Å². The Bertz CT molecular complexity index is 1640. The second-order valence-electron chi connectivity index (χ2n) is 11.0. The SMILES string of the molecule is CNC(=O)CCN(C=O)c1cnc(-c2ccc3c(c2)C(C)(CO)N(Cc2ccc(OCc4c(F)cccc4Cl)cc2)C3)n1C. The molecular formula is C33H35ClFN5O4. The first kappa shape index (κ1) is 31.2. The Morgan fingerprint density at radius 1 is 1.23 bits per heavy atom. The molecule has 230 valence electrons. The zero-order chi connectivity index (χ0) is 31.4. The Hall–Kier alpha value is -4.25. The van der Waals surface area contributed by atoms with E-state index in [4.69, 9.17) is 16.3 Å². The lowest BCUT2D eigenvalue weighted by atomic mass is 9.90. The highest BCUT2D eigenvalue weighted by atomic mass is 35.5. The largest absolute Gasteiger partial charge is 0.489 e. The third-order valence-electron chi connectivity index (χ3n) is 8.30. The van der Waals surface area contributed by atoms with E-state index in [0.717, 1.165) is 22.3 Å². The maximum absolute atomic E-state index is 14.1. The molecule has 2 heterocycles. The smallest absolute Gasteiger partial charge is 0.221 e. The predicted octanol–water partition coefficient (Wildman–Crippen LogP) is 4.78. The molecule has 4 aromatic rings. The van der Waals surface area contributed by atoms with E-state index in [9.17, 15) is 19.1 Å². The van der Waals surface area contributed by atoms with Gasteiger partial charge in [-0.1, -0.05) is 41.9 Å². The first-order valence-electron chi connectivity index (χ1n) is 14.3. The molecule has 44 heavy (non-hydrogen) atoms. The van der Waals surface area contributed by atoms with Crippen LogP contribution < -0.4 is 15.0 Å². The summed E-state index contributed by atoms with van der Waals surface area (Å²) in [6.45, 7) is 3.44. The Labute approximate surface area is 260 Å². The average molecular weight is 620 g/mol. The van der Waals surface area contributed by atoms with E-state index in [1.807, 2.05) is 48.9 Å². The molecule has 1 aliphatic rings. The summed E-state index contributed by atoms with van der Waals surface area (Å²) in [5.41, 5.74) is 3.69. The van der Waals surface area contributed by atoms with Crippen LogP contribution in [0, 0.1) is 5.82 Å². The molecule has 5 rings (SSSR count). The molecule has 1 unspecified atom stereocenters. The van der Waals surface area contributed by atoms with Gasteiger partial charge >= 0.3 is 0 Å². The highest BCUT2D eigenvalue weighted by molar-refractivity contribution is 6.31. The molecule has 3 aromatic carbocycles. The van der Waals surface area contributed by atoms with Crippen molar-refractivity contribution in [2.24, 2.45) is 7.05 Å². The van der Waals surface area contributed by atoms with E-state index in [1.165, 1.54) is 11.0 Å². The molecule has 11 heteroatoms. The monoisotopic (exact) mass is 619 g/mol. The lowest BCUT2D eigenvalue weighted by Crippen LogP contribution is -2.41. The highest BCUT2D eigenvalue weighted by Gasteiger charge is 2.41. The number of halogens is 2. The average Bonchev–Trinajstić information content (AvgIpc) is 3.54. The van der Waals surface area contributed by atoms with E-state index < -0.39 is 11.4 Å². The highest BCUT2D eigenvalue weighted by Crippen LogP contribution is 2.42. The van der Waals surface area contributed by atoms with Crippen molar-refractivity contribution in [3.8, 4) is 17.1 Å². The van der Waals surface area contributed by atoms with E-state index in [0.29, 0.717) is 47.5 Å². The fraction of sp³-hybridized carbons (Fsp3) is 0.303. The van der Waals surface area contributed by atoms with Crippen molar-refractivity contribution < 1.29 is 23.8 Å². The molecule has 0 saturated heterocycles. The maximum Gasteiger partial charge on any atom is 0.221 e. The molecule has 1 aromatic heterocycles. The minimum atomic E-state index is -0.640. The number of aliphatic hydroxyl groups excluding tert-OH is 1. The number of aliphatic hydroxyl groups is 1. The quantitative estimate of drug-likeness (QED) is 0.222. The van der Waals surface area contributed by atoms with E-state index in [1.54, 1.807) is 25.4 Å². The Morgan fingerprint density at radius 2 is 2.00 bits per heavy atom. The number of rotatable bonds is 12. The topological polar surface area (TPSA) is 99.9 Å². The lowest BCUT2D eigenvalue weighted by Gasteiger charge is -2.34. The summed E-state index contributed by atoms with van der Waals surface area (Å²) in [6, 6.07) is 18.3. The van der Waals surface area contributed by atoms with Crippen molar-refractivity contribution in [3.05, 3.63) is 100.0 Å². The molecule has 9 nitrogen and oxygen atoms in total. The number of anilines is 1. The van der Waals surface area contributed by atoms with Gasteiger partial charge in [0.1, 0.15) is 29.8 Å². The first-order valence-corrected chi connectivity index (χ1v) is 14.6. The van der Waals surface area contributed by atoms with Crippen molar-refractivity contribution in [1.82, 2.24) is 19.8 Å². The minimum absolute atomic E-state index is 0.0257. The van der Waals surface area contributed by atoms with Crippen LogP contribution in [0.3, 0.4) is 0 Å². The van der Waals surface area contributed by atoms with Gasteiger partial charge in [0.05, 0.1) is 23.4 Å². The number of hydrogen-bond acceptors (Lipinski definition) is 6. The fourth-order valence-corrected chi connectivity index (χ4v) is 5.78. The van der Waals surface area contributed by atoms with Crippen molar-refractivity contribution >= 4 is 29.7 Å². The van der Waals surface area contributed by atoms with E-state index >= 15 is 0 Å².